The average Bonchev–Trinajstić information content (AvgIpc) is 3.49. The van der Waals surface area contributed by atoms with Gasteiger partial charge in [-0.1, -0.05) is 18.3 Å². The molecule has 0 radical (unpaired) electrons. The highest BCUT2D eigenvalue weighted by molar-refractivity contribution is 7.98. The molecular formula is C21H24N8OS2. The van der Waals surface area contributed by atoms with Crippen LogP contribution in [0.1, 0.15) is 17.3 Å². The molecule has 11 heteroatoms. The lowest BCUT2D eigenvalue weighted by molar-refractivity contribution is 0.0959. The molecule has 0 saturated heterocycles. The van der Waals surface area contributed by atoms with E-state index in [0.29, 0.717) is 36.4 Å². The molecule has 2 aromatic heterocycles. The molecule has 4 rings (SSSR count). The van der Waals surface area contributed by atoms with E-state index < -0.39 is 0 Å². The van der Waals surface area contributed by atoms with Crippen LogP contribution in [0.25, 0.3) is 10.2 Å². The van der Waals surface area contributed by atoms with E-state index in [9.17, 15) is 4.79 Å². The number of carbonyl (C=O) groups excluding carboxylic acids is 1. The van der Waals surface area contributed by atoms with Crippen molar-refractivity contribution >= 4 is 62.4 Å². The molecule has 32 heavy (non-hydrogen) atoms. The van der Waals surface area contributed by atoms with E-state index in [1.807, 2.05) is 30.8 Å². The van der Waals surface area contributed by atoms with Crippen molar-refractivity contribution in [2.45, 2.75) is 11.8 Å². The molecule has 0 aliphatic carbocycles. The predicted molar refractivity (Wildman–Crippen MR) is 133 cm³/mol. The van der Waals surface area contributed by atoms with E-state index in [0.717, 1.165) is 33.3 Å². The van der Waals surface area contributed by atoms with Crippen molar-refractivity contribution in [3.8, 4) is 0 Å². The fourth-order valence-electron chi connectivity index (χ4n) is 2.95. The molecule has 0 bridgehead atoms. The Kier molecular flexibility index (Phi) is 7.28. The summed E-state index contributed by atoms with van der Waals surface area (Å²) in [5, 5.41) is 10.3. The van der Waals surface area contributed by atoms with E-state index in [1.54, 1.807) is 24.0 Å². The molecular weight excluding hydrogens is 444 g/mol. The number of benzene rings is 1. The number of anilines is 2. The number of carbonyl (C=O) groups is 1. The van der Waals surface area contributed by atoms with Gasteiger partial charge in [-0.25, -0.2) is 19.9 Å². The van der Waals surface area contributed by atoms with Gasteiger partial charge in [0.25, 0.3) is 5.91 Å². The third-order valence-corrected chi connectivity index (χ3v) is 6.39. The van der Waals surface area contributed by atoms with Gasteiger partial charge in [0.05, 0.1) is 23.3 Å². The average molecular weight is 469 g/mol. The van der Waals surface area contributed by atoms with Gasteiger partial charge in [-0.3, -0.25) is 9.79 Å². The normalized spacial score (nSPS) is 13.8. The van der Waals surface area contributed by atoms with Gasteiger partial charge in [0.2, 0.25) is 5.95 Å². The highest BCUT2D eigenvalue weighted by atomic mass is 32.2. The first-order valence-corrected chi connectivity index (χ1v) is 12.2. The van der Waals surface area contributed by atoms with E-state index >= 15 is 0 Å². The summed E-state index contributed by atoms with van der Waals surface area (Å²) in [5.74, 6) is 1.48. The molecule has 0 fully saturated rings. The third-order valence-electron chi connectivity index (χ3n) is 4.73. The van der Waals surface area contributed by atoms with E-state index in [1.165, 1.54) is 11.3 Å². The fraction of sp³-hybridized carbons (Fsp3) is 0.333. The topological polar surface area (TPSA) is 117 Å². The van der Waals surface area contributed by atoms with Crippen LogP contribution >= 0.6 is 23.1 Å². The number of hydrogen-bond acceptors (Lipinski definition) is 10. The second kappa shape index (κ2) is 10.5. The molecule has 1 atom stereocenters. The van der Waals surface area contributed by atoms with Gasteiger partial charge >= 0.3 is 0 Å². The lowest BCUT2D eigenvalue weighted by Gasteiger charge is -2.13. The SMILES string of the molecule is CSc1cnc(NC[C@H](C)CNc2nc3ccc(C(=O)NCC4=NCC=N4)cc3s2)nc1. The first-order chi connectivity index (χ1) is 15.6. The summed E-state index contributed by atoms with van der Waals surface area (Å²) in [6, 6.07) is 5.53. The Morgan fingerprint density at radius 1 is 1.22 bits per heavy atom. The molecule has 1 aliphatic rings. The first kappa shape index (κ1) is 22.2. The van der Waals surface area contributed by atoms with Gasteiger partial charge in [-0.15, -0.1) is 11.8 Å². The minimum atomic E-state index is -0.146. The zero-order valence-electron chi connectivity index (χ0n) is 17.8. The number of aliphatic imine (C=N–C) groups is 2. The molecule has 0 unspecified atom stereocenters. The van der Waals surface area contributed by atoms with Crippen LogP contribution in [0.4, 0.5) is 11.1 Å². The highest BCUT2D eigenvalue weighted by Crippen LogP contribution is 2.27. The number of nitrogens with zero attached hydrogens (tertiary/aromatic N) is 5. The summed E-state index contributed by atoms with van der Waals surface area (Å²) in [6.07, 6.45) is 7.36. The number of amides is 1. The van der Waals surface area contributed by atoms with Crippen molar-refractivity contribution in [3.63, 3.8) is 0 Å². The number of thioether (sulfide) groups is 1. The second-order valence-electron chi connectivity index (χ2n) is 7.27. The summed E-state index contributed by atoms with van der Waals surface area (Å²) in [5.41, 5.74) is 1.47. The second-order valence-corrected chi connectivity index (χ2v) is 9.18. The molecule has 1 aromatic carbocycles. The van der Waals surface area contributed by atoms with E-state index in [4.69, 9.17) is 0 Å². The van der Waals surface area contributed by atoms with Crippen LogP contribution in [0.5, 0.6) is 0 Å². The van der Waals surface area contributed by atoms with E-state index in [-0.39, 0.29) is 5.91 Å². The van der Waals surface area contributed by atoms with Gasteiger partial charge in [-0.2, -0.15) is 0 Å². The van der Waals surface area contributed by atoms with Crippen molar-refractivity contribution in [1.82, 2.24) is 20.3 Å². The number of aromatic nitrogens is 3. The van der Waals surface area contributed by atoms with Crippen LogP contribution in [0.2, 0.25) is 0 Å². The summed E-state index contributed by atoms with van der Waals surface area (Å²) in [7, 11) is 0. The molecule has 166 valence electrons. The van der Waals surface area contributed by atoms with Crippen molar-refractivity contribution in [3.05, 3.63) is 36.2 Å². The number of thiazole rings is 1. The van der Waals surface area contributed by atoms with Crippen LogP contribution in [-0.2, 0) is 0 Å². The maximum absolute atomic E-state index is 12.4. The Bertz CT molecular complexity index is 1140. The zero-order valence-corrected chi connectivity index (χ0v) is 19.5. The van der Waals surface area contributed by atoms with Gasteiger partial charge in [0, 0.05) is 42.2 Å². The number of fused-ring (bicyclic) bond motifs is 1. The molecule has 1 aliphatic heterocycles. The van der Waals surface area contributed by atoms with E-state index in [2.05, 4.69) is 47.8 Å². The molecule has 3 heterocycles. The Labute approximate surface area is 194 Å². The van der Waals surface area contributed by atoms with Crippen molar-refractivity contribution in [2.24, 2.45) is 15.9 Å². The Morgan fingerprint density at radius 3 is 2.78 bits per heavy atom. The summed E-state index contributed by atoms with van der Waals surface area (Å²) in [4.78, 5) is 35.0. The lowest BCUT2D eigenvalue weighted by Crippen LogP contribution is -2.28. The smallest absolute Gasteiger partial charge is 0.251 e. The number of hydrogen-bond donors (Lipinski definition) is 3. The van der Waals surface area contributed by atoms with Gasteiger partial charge in [-0.05, 0) is 30.4 Å². The van der Waals surface area contributed by atoms with Crippen molar-refractivity contribution in [1.29, 1.82) is 0 Å². The standard InChI is InChI=1S/C21H24N8OS2/c1-13(8-25-20-26-10-15(31-2)11-27-20)9-28-21-29-16-4-3-14(7-17(16)32-21)19(30)24-12-18-22-5-6-23-18/h3-5,7,10-11,13H,6,8-9,12H2,1-2H3,(H,24,30)(H,28,29)(H,25,26,27)/t13-/m0/s1. The van der Waals surface area contributed by atoms with Gasteiger partial charge in [0.1, 0.15) is 5.84 Å². The maximum atomic E-state index is 12.4. The Hall–Kier alpha value is -3.05. The lowest BCUT2D eigenvalue weighted by atomic mass is 10.2. The number of nitrogens with one attached hydrogen (secondary N) is 3. The summed E-state index contributed by atoms with van der Waals surface area (Å²) < 4.78 is 0.962. The molecule has 3 aromatic rings. The predicted octanol–water partition coefficient (Wildman–Crippen LogP) is 3.18. The Balaban J connectivity index is 1.28. The molecule has 3 N–H and O–H groups in total. The monoisotopic (exact) mass is 468 g/mol. The number of amidine groups is 1. The number of rotatable bonds is 10. The maximum Gasteiger partial charge on any atom is 0.251 e. The fourth-order valence-corrected chi connectivity index (χ4v) is 4.18. The van der Waals surface area contributed by atoms with Crippen molar-refractivity contribution in [2.75, 3.05) is 43.1 Å². The quantitative estimate of drug-likeness (QED) is 0.391. The van der Waals surface area contributed by atoms with Crippen LogP contribution in [0, 0.1) is 5.92 Å². The van der Waals surface area contributed by atoms with Crippen LogP contribution in [-0.4, -0.2) is 65.3 Å². The van der Waals surface area contributed by atoms with Crippen LogP contribution in [0.3, 0.4) is 0 Å². The third kappa shape index (κ3) is 5.80. The minimum absolute atomic E-state index is 0.146. The van der Waals surface area contributed by atoms with Crippen molar-refractivity contribution < 1.29 is 4.79 Å². The molecule has 1 amide bonds. The van der Waals surface area contributed by atoms with Crippen LogP contribution in [0.15, 0.2) is 45.5 Å². The summed E-state index contributed by atoms with van der Waals surface area (Å²) >= 11 is 3.15. The molecule has 0 saturated carbocycles. The zero-order chi connectivity index (χ0) is 22.3. The Morgan fingerprint density at radius 2 is 2.03 bits per heavy atom. The summed E-state index contributed by atoms with van der Waals surface area (Å²) in [6.45, 7) is 4.57. The van der Waals surface area contributed by atoms with Gasteiger partial charge in [0.15, 0.2) is 5.13 Å². The minimum Gasteiger partial charge on any atom is -0.361 e. The molecule has 0 spiro atoms. The molecule has 9 nitrogen and oxygen atoms in total. The highest BCUT2D eigenvalue weighted by Gasteiger charge is 2.12. The van der Waals surface area contributed by atoms with Crippen LogP contribution < -0.4 is 16.0 Å². The van der Waals surface area contributed by atoms with Gasteiger partial charge < -0.3 is 16.0 Å². The first-order valence-electron chi connectivity index (χ1n) is 10.2. The largest absolute Gasteiger partial charge is 0.361 e.